The van der Waals surface area contributed by atoms with Gasteiger partial charge in [0.2, 0.25) is 17.7 Å². The summed E-state index contributed by atoms with van der Waals surface area (Å²) in [6, 6.07) is 7.65. The summed E-state index contributed by atoms with van der Waals surface area (Å²) in [6.07, 6.45) is 6.62. The standard InChI is InChI=1S/C23H31N3O3/c1-2-21(27)24-16-19-10-5-4-9-18(19)15-22(28)26-14-8-11-20(17-26)23(29)25-12-6-3-7-13-25/h2,4-5,9-10,20H,1,3,6-8,11-17H2,(H,24,27). The Balaban J connectivity index is 1.59. The van der Waals surface area contributed by atoms with Crippen LogP contribution in [0.2, 0.25) is 0 Å². The predicted molar refractivity (Wildman–Crippen MR) is 112 cm³/mol. The summed E-state index contributed by atoms with van der Waals surface area (Å²) in [5.74, 6) is -0.0486. The molecule has 0 aromatic heterocycles. The Hall–Kier alpha value is -2.63. The lowest BCUT2D eigenvalue weighted by Crippen LogP contribution is -2.48. The molecule has 0 aliphatic carbocycles. The second-order valence-electron chi connectivity index (χ2n) is 7.93. The minimum atomic E-state index is -0.235. The van der Waals surface area contributed by atoms with Crippen molar-refractivity contribution in [1.29, 1.82) is 0 Å². The van der Waals surface area contributed by atoms with E-state index in [-0.39, 0.29) is 30.1 Å². The highest BCUT2D eigenvalue weighted by molar-refractivity contribution is 5.87. The third-order valence-corrected chi connectivity index (χ3v) is 5.89. The van der Waals surface area contributed by atoms with Crippen LogP contribution in [0, 0.1) is 5.92 Å². The van der Waals surface area contributed by atoms with Gasteiger partial charge in [-0.2, -0.15) is 0 Å². The van der Waals surface area contributed by atoms with Gasteiger partial charge in [0.05, 0.1) is 12.3 Å². The molecule has 0 bridgehead atoms. The fourth-order valence-corrected chi connectivity index (χ4v) is 4.21. The zero-order valence-electron chi connectivity index (χ0n) is 17.1. The van der Waals surface area contributed by atoms with Crippen molar-refractivity contribution in [2.45, 2.75) is 45.1 Å². The first-order valence-corrected chi connectivity index (χ1v) is 10.6. The molecule has 29 heavy (non-hydrogen) atoms. The molecule has 0 spiro atoms. The monoisotopic (exact) mass is 397 g/mol. The highest BCUT2D eigenvalue weighted by atomic mass is 16.2. The van der Waals surface area contributed by atoms with E-state index in [2.05, 4.69) is 11.9 Å². The van der Waals surface area contributed by atoms with Crippen LogP contribution in [0.4, 0.5) is 0 Å². The Morgan fingerprint density at radius 1 is 1.00 bits per heavy atom. The number of amides is 3. The molecule has 1 aromatic carbocycles. The maximum atomic E-state index is 13.0. The highest BCUT2D eigenvalue weighted by Gasteiger charge is 2.31. The third kappa shape index (κ3) is 5.68. The first-order valence-electron chi connectivity index (χ1n) is 10.6. The van der Waals surface area contributed by atoms with Crippen molar-refractivity contribution in [2.75, 3.05) is 26.2 Å². The lowest BCUT2D eigenvalue weighted by atomic mass is 9.94. The van der Waals surface area contributed by atoms with Crippen LogP contribution in [0.5, 0.6) is 0 Å². The van der Waals surface area contributed by atoms with Gasteiger partial charge in [-0.05, 0) is 49.3 Å². The van der Waals surface area contributed by atoms with Crippen LogP contribution >= 0.6 is 0 Å². The second kappa shape index (κ2) is 10.2. The summed E-state index contributed by atoms with van der Waals surface area (Å²) in [5, 5.41) is 2.77. The van der Waals surface area contributed by atoms with Gasteiger partial charge in [-0.3, -0.25) is 14.4 Å². The molecule has 1 atom stereocenters. The van der Waals surface area contributed by atoms with E-state index in [0.717, 1.165) is 49.9 Å². The highest BCUT2D eigenvalue weighted by Crippen LogP contribution is 2.22. The molecule has 6 nitrogen and oxygen atoms in total. The number of carbonyl (C=O) groups excluding carboxylic acids is 3. The Bertz CT molecular complexity index is 755. The lowest BCUT2D eigenvalue weighted by Gasteiger charge is -2.36. The Morgan fingerprint density at radius 3 is 2.41 bits per heavy atom. The van der Waals surface area contributed by atoms with Crippen LogP contribution in [0.3, 0.4) is 0 Å². The summed E-state index contributed by atoms with van der Waals surface area (Å²) in [6.45, 7) is 6.75. The van der Waals surface area contributed by atoms with Crippen LogP contribution in [0.25, 0.3) is 0 Å². The summed E-state index contributed by atoms with van der Waals surface area (Å²) in [7, 11) is 0. The summed E-state index contributed by atoms with van der Waals surface area (Å²) >= 11 is 0. The Labute approximate surface area is 172 Å². The number of hydrogen-bond donors (Lipinski definition) is 1. The topological polar surface area (TPSA) is 69.7 Å². The van der Waals surface area contributed by atoms with Crippen molar-refractivity contribution < 1.29 is 14.4 Å². The van der Waals surface area contributed by atoms with Gasteiger partial charge in [0.25, 0.3) is 0 Å². The van der Waals surface area contributed by atoms with Gasteiger partial charge in [-0.25, -0.2) is 0 Å². The average molecular weight is 398 g/mol. The van der Waals surface area contributed by atoms with Crippen molar-refractivity contribution in [3.63, 3.8) is 0 Å². The smallest absolute Gasteiger partial charge is 0.243 e. The van der Waals surface area contributed by atoms with E-state index in [9.17, 15) is 14.4 Å². The van der Waals surface area contributed by atoms with E-state index < -0.39 is 0 Å². The fraction of sp³-hybridized carbons (Fsp3) is 0.522. The quantitative estimate of drug-likeness (QED) is 0.749. The number of piperidine rings is 2. The van der Waals surface area contributed by atoms with E-state index in [1.165, 1.54) is 12.5 Å². The summed E-state index contributed by atoms with van der Waals surface area (Å²) in [4.78, 5) is 41.1. The summed E-state index contributed by atoms with van der Waals surface area (Å²) in [5.41, 5.74) is 1.83. The second-order valence-corrected chi connectivity index (χ2v) is 7.93. The van der Waals surface area contributed by atoms with Crippen LogP contribution in [0.15, 0.2) is 36.9 Å². The minimum Gasteiger partial charge on any atom is -0.348 e. The zero-order chi connectivity index (χ0) is 20.6. The van der Waals surface area contributed by atoms with Crippen molar-refractivity contribution in [1.82, 2.24) is 15.1 Å². The van der Waals surface area contributed by atoms with E-state index in [1.54, 1.807) is 0 Å². The molecule has 2 saturated heterocycles. The molecular formula is C23H31N3O3. The number of nitrogens with zero attached hydrogens (tertiary/aromatic N) is 2. The molecule has 1 unspecified atom stereocenters. The zero-order valence-corrected chi connectivity index (χ0v) is 17.1. The molecular weight excluding hydrogens is 366 g/mol. The predicted octanol–water partition coefficient (Wildman–Crippen LogP) is 2.28. The summed E-state index contributed by atoms with van der Waals surface area (Å²) < 4.78 is 0. The van der Waals surface area contributed by atoms with Crippen LogP contribution in [-0.4, -0.2) is 53.7 Å². The number of carbonyl (C=O) groups is 3. The van der Waals surface area contributed by atoms with E-state index in [4.69, 9.17) is 0 Å². The van der Waals surface area contributed by atoms with Gasteiger partial charge >= 0.3 is 0 Å². The number of benzene rings is 1. The van der Waals surface area contributed by atoms with Crippen molar-refractivity contribution in [2.24, 2.45) is 5.92 Å². The van der Waals surface area contributed by atoms with E-state index in [1.807, 2.05) is 34.1 Å². The minimum absolute atomic E-state index is 0.0450. The molecule has 2 fully saturated rings. The molecule has 156 valence electrons. The Kier molecular flexibility index (Phi) is 7.44. The normalized spacial score (nSPS) is 19.5. The number of nitrogens with one attached hydrogen (secondary N) is 1. The molecule has 3 amide bonds. The van der Waals surface area contributed by atoms with Crippen LogP contribution < -0.4 is 5.32 Å². The van der Waals surface area contributed by atoms with E-state index >= 15 is 0 Å². The first kappa shape index (κ1) is 21.1. The molecule has 2 aliphatic heterocycles. The van der Waals surface area contributed by atoms with Gasteiger partial charge in [0, 0.05) is 32.7 Å². The van der Waals surface area contributed by atoms with Crippen LogP contribution in [0.1, 0.15) is 43.2 Å². The molecule has 1 aromatic rings. The molecule has 0 radical (unpaired) electrons. The van der Waals surface area contributed by atoms with Gasteiger partial charge in [-0.15, -0.1) is 0 Å². The number of hydrogen-bond acceptors (Lipinski definition) is 3. The molecule has 2 aliphatic rings. The largest absolute Gasteiger partial charge is 0.348 e. The van der Waals surface area contributed by atoms with Gasteiger partial charge in [0.15, 0.2) is 0 Å². The van der Waals surface area contributed by atoms with Crippen LogP contribution in [-0.2, 0) is 27.3 Å². The first-order chi connectivity index (χ1) is 14.1. The maximum absolute atomic E-state index is 13.0. The SMILES string of the molecule is C=CC(=O)NCc1ccccc1CC(=O)N1CCCC(C(=O)N2CCCCC2)C1. The molecule has 2 heterocycles. The van der Waals surface area contributed by atoms with Crippen molar-refractivity contribution >= 4 is 17.7 Å². The van der Waals surface area contributed by atoms with Crippen molar-refractivity contribution in [3.05, 3.63) is 48.0 Å². The molecule has 0 saturated carbocycles. The molecule has 1 N–H and O–H groups in total. The van der Waals surface area contributed by atoms with Crippen molar-refractivity contribution in [3.8, 4) is 0 Å². The number of likely N-dealkylation sites (tertiary alicyclic amines) is 2. The van der Waals surface area contributed by atoms with E-state index in [0.29, 0.717) is 19.6 Å². The third-order valence-electron chi connectivity index (χ3n) is 5.89. The Morgan fingerprint density at radius 2 is 1.69 bits per heavy atom. The van der Waals surface area contributed by atoms with Gasteiger partial charge in [-0.1, -0.05) is 30.8 Å². The lowest BCUT2D eigenvalue weighted by molar-refractivity contribution is -0.141. The fourth-order valence-electron chi connectivity index (χ4n) is 4.21. The molecule has 3 rings (SSSR count). The average Bonchev–Trinajstić information content (AvgIpc) is 2.78. The maximum Gasteiger partial charge on any atom is 0.243 e. The number of rotatable bonds is 6. The van der Waals surface area contributed by atoms with Gasteiger partial charge in [0.1, 0.15) is 0 Å². The molecule has 6 heteroatoms. The van der Waals surface area contributed by atoms with Gasteiger partial charge < -0.3 is 15.1 Å².